The summed E-state index contributed by atoms with van der Waals surface area (Å²) in [6.07, 6.45) is 10.0. The smallest absolute Gasteiger partial charge is 0.354 e. The van der Waals surface area contributed by atoms with Crippen molar-refractivity contribution in [3.8, 4) is 0 Å². The second-order valence-electron chi connectivity index (χ2n) is 8.14. The van der Waals surface area contributed by atoms with Gasteiger partial charge in [0.15, 0.2) is 5.69 Å². The first-order valence-electron chi connectivity index (χ1n) is 10.2. The Balaban J connectivity index is 1.34. The van der Waals surface area contributed by atoms with Crippen LogP contribution in [0.4, 0.5) is 5.82 Å². The average molecular weight is 397 g/mol. The number of carboxylic acids is 1. The molecule has 4 heterocycles. The molecule has 0 radical (unpaired) electrons. The lowest BCUT2D eigenvalue weighted by atomic mass is 9.72. The number of aromatic carboxylic acids is 1. The molecule has 2 aromatic heterocycles. The van der Waals surface area contributed by atoms with E-state index in [4.69, 9.17) is 5.11 Å². The number of nitrogens with zero attached hydrogens (tertiary/aromatic N) is 5. The number of hydrogen-bond acceptors (Lipinski definition) is 5. The van der Waals surface area contributed by atoms with Gasteiger partial charge in [-0.15, -0.1) is 0 Å². The zero-order valence-corrected chi connectivity index (χ0v) is 16.5. The number of rotatable bonds is 6. The fourth-order valence-electron chi connectivity index (χ4n) is 4.51. The fourth-order valence-corrected chi connectivity index (χ4v) is 4.51. The number of imidazole rings is 1. The minimum Gasteiger partial charge on any atom is -0.477 e. The number of carbonyl (C=O) groups excluding carboxylic acids is 1. The molecule has 1 amide bonds. The van der Waals surface area contributed by atoms with E-state index in [0.717, 1.165) is 64.2 Å². The van der Waals surface area contributed by atoms with Crippen LogP contribution in [0.2, 0.25) is 0 Å². The third-order valence-electron chi connectivity index (χ3n) is 6.25. The summed E-state index contributed by atoms with van der Waals surface area (Å²) in [7, 11) is 0. The molecule has 2 aliphatic rings. The molecule has 29 heavy (non-hydrogen) atoms. The molecular formula is C21H27N5O3. The van der Waals surface area contributed by atoms with E-state index in [-0.39, 0.29) is 17.0 Å². The highest BCUT2D eigenvalue weighted by atomic mass is 16.4. The van der Waals surface area contributed by atoms with Crippen molar-refractivity contribution < 1.29 is 14.7 Å². The number of likely N-dealkylation sites (tertiary alicyclic amines) is 1. The van der Waals surface area contributed by atoms with Crippen molar-refractivity contribution in [3.63, 3.8) is 0 Å². The lowest BCUT2D eigenvalue weighted by molar-refractivity contribution is -0.138. The Morgan fingerprint density at radius 2 is 2.00 bits per heavy atom. The Bertz CT molecular complexity index is 859. The molecule has 0 aliphatic carbocycles. The van der Waals surface area contributed by atoms with E-state index < -0.39 is 5.97 Å². The van der Waals surface area contributed by atoms with Crippen LogP contribution in [-0.4, -0.2) is 62.6 Å². The van der Waals surface area contributed by atoms with Gasteiger partial charge in [-0.1, -0.05) is 6.07 Å². The topological polar surface area (TPSA) is 91.6 Å². The minimum atomic E-state index is -1.00. The van der Waals surface area contributed by atoms with Crippen LogP contribution < -0.4 is 4.90 Å². The monoisotopic (exact) mass is 397 g/mol. The molecule has 154 valence electrons. The maximum absolute atomic E-state index is 12.4. The summed E-state index contributed by atoms with van der Waals surface area (Å²) in [5.74, 6) is -0.0132. The number of amides is 1. The largest absolute Gasteiger partial charge is 0.477 e. The number of aromatic nitrogens is 3. The van der Waals surface area contributed by atoms with Gasteiger partial charge in [-0.25, -0.2) is 14.8 Å². The van der Waals surface area contributed by atoms with Crippen molar-refractivity contribution in [2.75, 3.05) is 31.1 Å². The summed E-state index contributed by atoms with van der Waals surface area (Å²) in [4.78, 5) is 36.2. The Kier molecular flexibility index (Phi) is 5.51. The Labute approximate surface area is 170 Å². The lowest BCUT2D eigenvalue weighted by Gasteiger charge is -2.47. The molecule has 0 saturated carbocycles. The van der Waals surface area contributed by atoms with Crippen LogP contribution in [0.15, 0.2) is 36.9 Å². The second-order valence-corrected chi connectivity index (χ2v) is 8.14. The summed E-state index contributed by atoms with van der Waals surface area (Å²) in [5.41, 5.74) is 0.249. The molecule has 2 saturated heterocycles. The first kappa shape index (κ1) is 19.4. The van der Waals surface area contributed by atoms with E-state index in [1.54, 1.807) is 12.3 Å². The number of piperidine rings is 2. The molecule has 8 heteroatoms. The van der Waals surface area contributed by atoms with Gasteiger partial charge in [-0.3, -0.25) is 4.79 Å². The number of carboxylic acid groups (broad SMARTS) is 1. The number of carbonyl (C=O) groups is 2. The molecule has 4 rings (SSSR count). The van der Waals surface area contributed by atoms with Crippen molar-refractivity contribution in [2.45, 2.75) is 38.6 Å². The predicted molar refractivity (Wildman–Crippen MR) is 108 cm³/mol. The number of anilines is 1. The Hall–Kier alpha value is -2.90. The second kappa shape index (κ2) is 8.23. The van der Waals surface area contributed by atoms with Crippen LogP contribution in [0.1, 0.15) is 42.6 Å². The maximum Gasteiger partial charge on any atom is 0.354 e. The van der Waals surface area contributed by atoms with Gasteiger partial charge in [-0.05, 0) is 43.2 Å². The normalized spacial score (nSPS) is 19.0. The van der Waals surface area contributed by atoms with Crippen molar-refractivity contribution in [2.24, 2.45) is 5.41 Å². The van der Waals surface area contributed by atoms with E-state index in [2.05, 4.69) is 14.9 Å². The average Bonchev–Trinajstić information content (AvgIpc) is 3.25. The number of pyridine rings is 1. The zero-order valence-electron chi connectivity index (χ0n) is 16.5. The fraction of sp³-hybridized carbons (Fsp3) is 0.524. The quantitative estimate of drug-likeness (QED) is 0.804. The summed E-state index contributed by atoms with van der Waals surface area (Å²) in [5, 5.41) is 9.17. The highest BCUT2D eigenvalue weighted by Crippen LogP contribution is 2.41. The molecule has 0 unspecified atom stereocenters. The molecule has 2 aliphatic heterocycles. The van der Waals surface area contributed by atoms with Gasteiger partial charge in [0.25, 0.3) is 0 Å². The summed E-state index contributed by atoms with van der Waals surface area (Å²) in [6.45, 7) is 4.16. The van der Waals surface area contributed by atoms with Crippen molar-refractivity contribution >= 4 is 17.7 Å². The Morgan fingerprint density at radius 1 is 1.17 bits per heavy atom. The van der Waals surface area contributed by atoms with Crippen molar-refractivity contribution in [1.29, 1.82) is 0 Å². The molecule has 0 atom stereocenters. The van der Waals surface area contributed by atoms with Gasteiger partial charge >= 0.3 is 5.97 Å². The van der Waals surface area contributed by atoms with Gasteiger partial charge in [0.2, 0.25) is 5.91 Å². The van der Waals surface area contributed by atoms with Crippen LogP contribution in [0.5, 0.6) is 0 Å². The van der Waals surface area contributed by atoms with Crippen LogP contribution in [0.25, 0.3) is 0 Å². The van der Waals surface area contributed by atoms with Crippen LogP contribution in [0, 0.1) is 5.41 Å². The van der Waals surface area contributed by atoms with Crippen molar-refractivity contribution in [3.05, 3.63) is 42.6 Å². The summed E-state index contributed by atoms with van der Waals surface area (Å²) in [6, 6.07) is 5.14. The number of hydrogen-bond donors (Lipinski definition) is 1. The highest BCUT2D eigenvalue weighted by molar-refractivity contribution is 5.85. The van der Waals surface area contributed by atoms with Gasteiger partial charge in [0, 0.05) is 51.5 Å². The Morgan fingerprint density at radius 3 is 2.72 bits per heavy atom. The maximum atomic E-state index is 12.4. The van der Waals surface area contributed by atoms with E-state index in [1.165, 1.54) is 6.07 Å². The van der Waals surface area contributed by atoms with E-state index in [9.17, 15) is 9.59 Å². The molecule has 0 aromatic carbocycles. The zero-order chi connectivity index (χ0) is 20.3. The lowest BCUT2D eigenvalue weighted by Crippen LogP contribution is -2.52. The molecule has 8 nitrogen and oxygen atoms in total. The first-order valence-corrected chi connectivity index (χ1v) is 10.2. The minimum absolute atomic E-state index is 0.0788. The van der Waals surface area contributed by atoms with E-state index in [1.807, 2.05) is 28.1 Å². The predicted octanol–water partition coefficient (Wildman–Crippen LogP) is 2.28. The molecule has 2 fully saturated rings. The summed E-state index contributed by atoms with van der Waals surface area (Å²) >= 11 is 0. The molecule has 1 N–H and O–H groups in total. The highest BCUT2D eigenvalue weighted by Gasteiger charge is 2.41. The molecule has 2 aromatic rings. The van der Waals surface area contributed by atoms with Crippen LogP contribution >= 0.6 is 0 Å². The number of aryl methyl sites for hydroxylation is 1. The molecule has 0 bridgehead atoms. The standard InChI is InChI=1S/C21H27N5O3/c27-19-5-6-21(15-26(19)11-2-10-24-14-9-22-16-24)7-12-25(13-8-21)18-4-1-3-17(23-18)20(28)29/h1,3-4,9,14,16H,2,5-8,10-13,15H2,(H,28,29). The van der Waals surface area contributed by atoms with Crippen molar-refractivity contribution in [1.82, 2.24) is 19.4 Å². The third-order valence-corrected chi connectivity index (χ3v) is 6.25. The van der Waals surface area contributed by atoms with Crippen LogP contribution in [0.3, 0.4) is 0 Å². The van der Waals surface area contributed by atoms with Gasteiger partial charge < -0.3 is 19.5 Å². The van der Waals surface area contributed by atoms with E-state index in [0.29, 0.717) is 6.42 Å². The molecule has 1 spiro atoms. The van der Waals surface area contributed by atoms with Gasteiger partial charge in [0.05, 0.1) is 6.33 Å². The van der Waals surface area contributed by atoms with Gasteiger partial charge in [0.1, 0.15) is 5.82 Å². The van der Waals surface area contributed by atoms with Crippen LogP contribution in [-0.2, 0) is 11.3 Å². The molecular weight excluding hydrogens is 370 g/mol. The van der Waals surface area contributed by atoms with E-state index >= 15 is 0 Å². The SMILES string of the molecule is O=C(O)c1cccc(N2CCC3(CCC(=O)N(CCCn4ccnc4)C3)CC2)n1. The summed E-state index contributed by atoms with van der Waals surface area (Å²) < 4.78 is 2.04. The third kappa shape index (κ3) is 4.41. The first-order chi connectivity index (χ1) is 14.0. The van der Waals surface area contributed by atoms with Gasteiger partial charge in [-0.2, -0.15) is 0 Å².